The highest BCUT2D eigenvalue weighted by Crippen LogP contribution is 2.31. The molecule has 0 bridgehead atoms. The lowest BCUT2D eigenvalue weighted by Crippen LogP contribution is -2.27. The van der Waals surface area contributed by atoms with Gasteiger partial charge in [-0.1, -0.05) is 42.5 Å². The number of nitrogens with one attached hydrogen (secondary N) is 1. The van der Waals surface area contributed by atoms with E-state index in [0.29, 0.717) is 19.8 Å². The van der Waals surface area contributed by atoms with Crippen LogP contribution in [0.2, 0.25) is 0 Å². The van der Waals surface area contributed by atoms with Crippen molar-refractivity contribution in [3.63, 3.8) is 0 Å². The lowest BCUT2D eigenvalue weighted by Gasteiger charge is -2.13. The van der Waals surface area contributed by atoms with Gasteiger partial charge in [-0.15, -0.1) is 0 Å². The molecule has 3 aromatic carbocycles. The second-order valence-corrected chi connectivity index (χ2v) is 8.98. The van der Waals surface area contributed by atoms with E-state index >= 15 is 0 Å². The van der Waals surface area contributed by atoms with Gasteiger partial charge in [0, 0.05) is 13.7 Å². The van der Waals surface area contributed by atoms with E-state index in [1.807, 2.05) is 36.4 Å². The Morgan fingerprint density at radius 2 is 1.84 bits per heavy atom. The van der Waals surface area contributed by atoms with Gasteiger partial charge in [-0.2, -0.15) is 5.26 Å². The highest BCUT2D eigenvalue weighted by molar-refractivity contribution is 14.1. The fraction of sp³-hybridized carbons (Fsp3) is 0.167. The molecule has 0 fully saturated rings. The van der Waals surface area contributed by atoms with Crippen LogP contribution in [-0.2, 0) is 16.1 Å². The summed E-state index contributed by atoms with van der Waals surface area (Å²) in [6, 6.07) is 20.2. The Morgan fingerprint density at radius 3 is 2.55 bits per heavy atom. The van der Waals surface area contributed by atoms with Crippen LogP contribution in [0, 0.1) is 18.5 Å². The number of hydrogen-bond acceptors (Lipinski definition) is 4. The van der Waals surface area contributed by atoms with Crippen molar-refractivity contribution >= 4 is 67.9 Å². The van der Waals surface area contributed by atoms with Gasteiger partial charge in [-0.3, -0.25) is 4.79 Å². The van der Waals surface area contributed by atoms with Crippen molar-refractivity contribution in [3.8, 4) is 11.8 Å². The molecule has 0 saturated carbocycles. The lowest BCUT2D eigenvalue weighted by molar-refractivity contribution is -0.117. The Labute approximate surface area is 208 Å². The standard InChI is InChI=1S/C24H20I2N2O3/c1-30-10-9-28-24(29)19(14-27)11-16-12-21(25)23(22(26)13-16)31-15-18-7-4-6-17-5-2-3-8-20(17)18/h2-8,11-13H,9-10,15H2,1H3,(H,28,29)/b19-11+. The van der Waals surface area contributed by atoms with Gasteiger partial charge in [0.2, 0.25) is 0 Å². The molecule has 0 spiro atoms. The van der Waals surface area contributed by atoms with Gasteiger partial charge >= 0.3 is 0 Å². The summed E-state index contributed by atoms with van der Waals surface area (Å²) in [5, 5.41) is 14.4. The van der Waals surface area contributed by atoms with Crippen LogP contribution in [0.4, 0.5) is 0 Å². The number of carbonyl (C=O) groups is 1. The van der Waals surface area contributed by atoms with Crippen LogP contribution >= 0.6 is 45.2 Å². The number of amides is 1. The van der Waals surface area contributed by atoms with Crippen LogP contribution in [0.5, 0.6) is 5.75 Å². The topological polar surface area (TPSA) is 71.3 Å². The zero-order chi connectivity index (χ0) is 22.2. The van der Waals surface area contributed by atoms with Crippen molar-refractivity contribution in [1.29, 1.82) is 5.26 Å². The molecule has 0 heterocycles. The largest absolute Gasteiger partial charge is 0.487 e. The number of hydrogen-bond donors (Lipinski definition) is 1. The van der Waals surface area contributed by atoms with E-state index in [2.05, 4.69) is 74.8 Å². The van der Waals surface area contributed by atoms with Crippen molar-refractivity contribution in [3.05, 3.63) is 78.4 Å². The third-order valence-electron chi connectivity index (χ3n) is 4.54. The minimum absolute atomic E-state index is 0.0483. The van der Waals surface area contributed by atoms with E-state index in [-0.39, 0.29) is 5.57 Å². The normalized spacial score (nSPS) is 11.2. The maximum absolute atomic E-state index is 12.2. The molecule has 0 unspecified atom stereocenters. The predicted octanol–water partition coefficient (Wildman–Crippen LogP) is 5.30. The Morgan fingerprint density at radius 1 is 1.13 bits per heavy atom. The van der Waals surface area contributed by atoms with Crippen molar-refractivity contribution in [2.45, 2.75) is 6.61 Å². The second-order valence-electron chi connectivity index (χ2n) is 6.66. The summed E-state index contributed by atoms with van der Waals surface area (Å²) in [4.78, 5) is 12.2. The van der Waals surface area contributed by atoms with E-state index in [0.717, 1.165) is 24.0 Å². The summed E-state index contributed by atoms with van der Waals surface area (Å²) in [6.45, 7) is 1.20. The first-order valence-corrected chi connectivity index (χ1v) is 11.7. The minimum Gasteiger partial charge on any atom is -0.487 e. The molecule has 1 N–H and O–H groups in total. The smallest absolute Gasteiger partial charge is 0.262 e. The molecule has 31 heavy (non-hydrogen) atoms. The maximum Gasteiger partial charge on any atom is 0.262 e. The number of fused-ring (bicyclic) bond motifs is 1. The van der Waals surface area contributed by atoms with Crippen molar-refractivity contribution < 1.29 is 14.3 Å². The SMILES string of the molecule is COCCNC(=O)/C(C#N)=C/c1cc(I)c(OCc2cccc3ccccc23)c(I)c1. The fourth-order valence-electron chi connectivity index (χ4n) is 3.05. The maximum atomic E-state index is 12.2. The van der Waals surface area contributed by atoms with Gasteiger partial charge in [0.1, 0.15) is 24.0 Å². The van der Waals surface area contributed by atoms with Gasteiger partial charge < -0.3 is 14.8 Å². The quantitative estimate of drug-likeness (QED) is 0.158. The number of methoxy groups -OCH3 is 1. The van der Waals surface area contributed by atoms with E-state index in [9.17, 15) is 10.1 Å². The number of halogens is 2. The third kappa shape index (κ3) is 6.18. The van der Waals surface area contributed by atoms with E-state index in [1.165, 1.54) is 10.8 Å². The molecule has 5 nitrogen and oxygen atoms in total. The molecular formula is C24H20I2N2O3. The summed E-state index contributed by atoms with van der Waals surface area (Å²) in [7, 11) is 1.56. The summed E-state index contributed by atoms with van der Waals surface area (Å²) >= 11 is 4.43. The number of nitriles is 1. The summed E-state index contributed by atoms with van der Waals surface area (Å²) in [6.07, 6.45) is 1.58. The first-order chi connectivity index (χ1) is 15.0. The molecule has 3 aromatic rings. The third-order valence-corrected chi connectivity index (χ3v) is 6.14. The molecule has 0 saturated heterocycles. The van der Waals surface area contributed by atoms with Crippen LogP contribution in [0.25, 0.3) is 16.8 Å². The zero-order valence-corrected chi connectivity index (χ0v) is 21.1. The molecule has 0 radical (unpaired) electrons. The molecular weight excluding hydrogens is 618 g/mol. The molecule has 0 aliphatic rings. The first kappa shape index (κ1) is 23.5. The molecule has 1 amide bonds. The second kappa shape index (κ2) is 11.5. The number of benzene rings is 3. The van der Waals surface area contributed by atoms with Crippen molar-refractivity contribution in [1.82, 2.24) is 5.32 Å². The van der Waals surface area contributed by atoms with E-state index in [1.54, 1.807) is 13.2 Å². The fourth-order valence-corrected chi connectivity index (χ4v) is 5.17. The average molecular weight is 638 g/mol. The van der Waals surface area contributed by atoms with Gasteiger partial charge in [-0.05, 0) is 85.3 Å². The number of nitrogens with zero attached hydrogens (tertiary/aromatic N) is 1. The van der Waals surface area contributed by atoms with Crippen LogP contribution in [0.3, 0.4) is 0 Å². The van der Waals surface area contributed by atoms with Crippen LogP contribution in [-0.4, -0.2) is 26.2 Å². The molecule has 0 aliphatic carbocycles. The lowest BCUT2D eigenvalue weighted by atomic mass is 10.1. The van der Waals surface area contributed by atoms with E-state index in [4.69, 9.17) is 9.47 Å². The molecule has 3 rings (SSSR count). The summed E-state index contributed by atoms with van der Waals surface area (Å²) in [5.41, 5.74) is 1.94. The summed E-state index contributed by atoms with van der Waals surface area (Å²) < 4.78 is 12.9. The monoisotopic (exact) mass is 638 g/mol. The van der Waals surface area contributed by atoms with Crippen molar-refractivity contribution in [2.24, 2.45) is 0 Å². The zero-order valence-electron chi connectivity index (χ0n) is 16.8. The van der Waals surface area contributed by atoms with Gasteiger partial charge in [-0.25, -0.2) is 0 Å². The van der Waals surface area contributed by atoms with Crippen LogP contribution in [0.15, 0.2) is 60.2 Å². The molecule has 0 aliphatic heterocycles. The Hall–Kier alpha value is -2.16. The summed E-state index contributed by atoms with van der Waals surface area (Å²) in [5.74, 6) is 0.371. The number of rotatable bonds is 8. The Balaban J connectivity index is 1.78. The van der Waals surface area contributed by atoms with E-state index < -0.39 is 5.91 Å². The predicted molar refractivity (Wildman–Crippen MR) is 139 cm³/mol. The Bertz CT molecular complexity index is 1140. The number of ether oxygens (including phenoxy) is 2. The highest BCUT2D eigenvalue weighted by atomic mass is 127. The van der Waals surface area contributed by atoms with Crippen molar-refractivity contribution in [2.75, 3.05) is 20.3 Å². The molecule has 0 atom stereocenters. The highest BCUT2D eigenvalue weighted by Gasteiger charge is 2.12. The number of carbonyl (C=O) groups excluding carboxylic acids is 1. The van der Waals surface area contributed by atoms with Crippen LogP contribution < -0.4 is 10.1 Å². The van der Waals surface area contributed by atoms with Crippen LogP contribution in [0.1, 0.15) is 11.1 Å². The molecule has 0 aromatic heterocycles. The Kier molecular flexibility index (Phi) is 8.69. The van der Waals surface area contributed by atoms with Gasteiger partial charge in [0.15, 0.2) is 0 Å². The minimum atomic E-state index is -0.416. The average Bonchev–Trinajstić information content (AvgIpc) is 2.77. The first-order valence-electron chi connectivity index (χ1n) is 9.51. The van der Waals surface area contributed by atoms with Gasteiger partial charge in [0.25, 0.3) is 5.91 Å². The molecule has 7 heteroatoms. The molecule has 158 valence electrons. The van der Waals surface area contributed by atoms with Gasteiger partial charge in [0.05, 0.1) is 13.7 Å².